The minimum atomic E-state index is -0.755. The average molecular weight is 262 g/mol. The molecular weight excluding hydrogens is 236 g/mol. The van der Waals surface area contributed by atoms with E-state index in [1.165, 1.54) is 0 Å². The van der Waals surface area contributed by atoms with E-state index in [1.807, 2.05) is 6.92 Å². The van der Waals surface area contributed by atoms with E-state index in [4.69, 9.17) is 14.9 Å². The smallest absolute Gasteiger partial charge is 0.407 e. The van der Waals surface area contributed by atoms with Gasteiger partial charge in [0.2, 0.25) is 0 Å². The average Bonchev–Trinajstić information content (AvgIpc) is 2.24. The third-order valence-electron chi connectivity index (χ3n) is 2.24. The van der Waals surface area contributed by atoms with Crippen LogP contribution in [0.4, 0.5) is 4.79 Å². The molecule has 0 saturated heterocycles. The van der Waals surface area contributed by atoms with Gasteiger partial charge in [0.25, 0.3) is 0 Å². The second kappa shape index (κ2) is 6.92. The zero-order chi connectivity index (χ0) is 14.4. The van der Waals surface area contributed by atoms with Gasteiger partial charge < -0.3 is 25.6 Å². The van der Waals surface area contributed by atoms with Crippen molar-refractivity contribution in [1.29, 1.82) is 0 Å². The van der Waals surface area contributed by atoms with Gasteiger partial charge in [0, 0.05) is 12.6 Å². The van der Waals surface area contributed by atoms with Crippen LogP contribution in [0.3, 0.4) is 0 Å². The van der Waals surface area contributed by atoms with Crippen molar-refractivity contribution in [1.82, 2.24) is 10.6 Å². The fraction of sp³-hybridized carbons (Fsp3) is 0.917. The summed E-state index contributed by atoms with van der Waals surface area (Å²) in [7, 11) is 0. The van der Waals surface area contributed by atoms with Gasteiger partial charge in [0.1, 0.15) is 5.60 Å². The van der Waals surface area contributed by atoms with E-state index in [1.54, 1.807) is 27.7 Å². The molecule has 1 unspecified atom stereocenters. The van der Waals surface area contributed by atoms with Crippen LogP contribution < -0.4 is 10.6 Å². The second-order valence-electron chi connectivity index (χ2n) is 5.81. The molecule has 108 valence electrons. The molecule has 0 aliphatic carbocycles. The number of amides is 1. The summed E-state index contributed by atoms with van der Waals surface area (Å²) in [5, 5.41) is 23.9. The summed E-state index contributed by atoms with van der Waals surface area (Å²) < 4.78 is 5.09. The first kappa shape index (κ1) is 17.2. The molecule has 0 aromatic carbocycles. The van der Waals surface area contributed by atoms with Crippen LogP contribution in [0.5, 0.6) is 0 Å². The Morgan fingerprint density at radius 1 is 1.22 bits per heavy atom. The second-order valence-corrected chi connectivity index (χ2v) is 5.81. The number of aliphatic hydroxyl groups is 2. The highest BCUT2D eigenvalue weighted by Crippen LogP contribution is 2.06. The molecular formula is C12H26N2O4. The SMILES string of the molecule is CC(CNC(=O)OC(C)(C)C)NC(C)(CO)CO. The van der Waals surface area contributed by atoms with Gasteiger partial charge in [-0.15, -0.1) is 0 Å². The Morgan fingerprint density at radius 2 is 1.72 bits per heavy atom. The highest BCUT2D eigenvalue weighted by atomic mass is 16.6. The highest BCUT2D eigenvalue weighted by Gasteiger charge is 2.24. The molecule has 0 saturated carbocycles. The van der Waals surface area contributed by atoms with Gasteiger partial charge in [-0.2, -0.15) is 0 Å². The summed E-state index contributed by atoms with van der Waals surface area (Å²) >= 11 is 0. The van der Waals surface area contributed by atoms with Crippen LogP contribution in [0, 0.1) is 0 Å². The number of ether oxygens (including phenoxy) is 1. The van der Waals surface area contributed by atoms with Crippen molar-refractivity contribution in [2.24, 2.45) is 0 Å². The first-order chi connectivity index (χ1) is 8.12. The maximum atomic E-state index is 11.4. The van der Waals surface area contributed by atoms with Gasteiger partial charge in [-0.3, -0.25) is 0 Å². The van der Waals surface area contributed by atoms with Crippen LogP contribution in [-0.4, -0.2) is 53.2 Å². The van der Waals surface area contributed by atoms with E-state index in [0.717, 1.165) is 0 Å². The monoisotopic (exact) mass is 262 g/mol. The molecule has 0 rings (SSSR count). The fourth-order valence-corrected chi connectivity index (χ4v) is 1.34. The van der Waals surface area contributed by atoms with Crippen LogP contribution in [0.25, 0.3) is 0 Å². The Balaban J connectivity index is 4.04. The number of aliphatic hydroxyl groups excluding tert-OH is 2. The number of hydrogen-bond acceptors (Lipinski definition) is 5. The minimum absolute atomic E-state index is 0.0955. The largest absolute Gasteiger partial charge is 0.444 e. The van der Waals surface area contributed by atoms with Crippen molar-refractivity contribution in [3.8, 4) is 0 Å². The molecule has 1 atom stereocenters. The lowest BCUT2D eigenvalue weighted by atomic mass is 10.0. The van der Waals surface area contributed by atoms with Crippen LogP contribution in [-0.2, 0) is 4.74 Å². The van der Waals surface area contributed by atoms with Crippen LogP contribution >= 0.6 is 0 Å². The fourth-order valence-electron chi connectivity index (χ4n) is 1.34. The molecule has 0 aliphatic rings. The van der Waals surface area contributed by atoms with Gasteiger partial charge in [-0.05, 0) is 34.6 Å². The van der Waals surface area contributed by atoms with Gasteiger partial charge in [-0.1, -0.05) is 0 Å². The number of hydrogen-bond donors (Lipinski definition) is 4. The van der Waals surface area contributed by atoms with Crippen LogP contribution in [0.1, 0.15) is 34.6 Å². The molecule has 0 aromatic rings. The van der Waals surface area contributed by atoms with Crippen molar-refractivity contribution in [3.63, 3.8) is 0 Å². The Kier molecular flexibility index (Phi) is 6.59. The Morgan fingerprint density at radius 3 is 2.11 bits per heavy atom. The summed E-state index contributed by atoms with van der Waals surface area (Å²) in [6.07, 6.45) is -0.481. The van der Waals surface area contributed by atoms with E-state index < -0.39 is 17.2 Å². The first-order valence-electron chi connectivity index (χ1n) is 6.08. The number of alkyl carbamates (subject to hydrolysis) is 1. The molecule has 0 aromatic heterocycles. The van der Waals surface area contributed by atoms with Crippen molar-refractivity contribution >= 4 is 6.09 Å². The molecule has 0 aliphatic heterocycles. The predicted octanol–water partition coefficient (Wildman–Crippen LogP) is 0.232. The maximum absolute atomic E-state index is 11.4. The number of nitrogens with one attached hydrogen (secondary N) is 2. The van der Waals surface area contributed by atoms with Crippen molar-refractivity contribution in [2.45, 2.75) is 51.8 Å². The topological polar surface area (TPSA) is 90.8 Å². The lowest BCUT2D eigenvalue weighted by molar-refractivity contribution is 0.0513. The zero-order valence-corrected chi connectivity index (χ0v) is 11.9. The number of carbonyl (C=O) groups is 1. The summed E-state index contributed by atoms with van der Waals surface area (Å²) in [4.78, 5) is 11.4. The molecule has 0 spiro atoms. The molecule has 18 heavy (non-hydrogen) atoms. The molecule has 0 fully saturated rings. The Hall–Kier alpha value is -0.850. The van der Waals surface area contributed by atoms with E-state index in [2.05, 4.69) is 10.6 Å². The number of rotatable bonds is 6. The summed E-state index contributed by atoms with van der Waals surface area (Å²) in [5.74, 6) is 0. The normalized spacial score (nSPS) is 14.2. The molecule has 1 amide bonds. The van der Waals surface area contributed by atoms with E-state index in [9.17, 15) is 4.79 Å². The van der Waals surface area contributed by atoms with E-state index >= 15 is 0 Å². The summed E-state index contributed by atoms with van der Waals surface area (Å²) in [6, 6.07) is -0.0955. The molecule has 0 bridgehead atoms. The summed E-state index contributed by atoms with van der Waals surface area (Å²) in [6.45, 7) is 8.93. The molecule has 6 nitrogen and oxygen atoms in total. The molecule has 0 heterocycles. The minimum Gasteiger partial charge on any atom is -0.444 e. The summed E-state index contributed by atoms with van der Waals surface area (Å²) in [5.41, 5.74) is -1.28. The molecule has 6 heteroatoms. The van der Waals surface area contributed by atoms with Crippen LogP contribution in [0.2, 0.25) is 0 Å². The van der Waals surface area contributed by atoms with Crippen molar-refractivity contribution in [3.05, 3.63) is 0 Å². The van der Waals surface area contributed by atoms with Gasteiger partial charge in [0.15, 0.2) is 0 Å². The van der Waals surface area contributed by atoms with Gasteiger partial charge in [-0.25, -0.2) is 4.79 Å². The Bertz CT molecular complexity index is 259. The number of carbonyl (C=O) groups excluding carboxylic acids is 1. The quantitative estimate of drug-likeness (QED) is 0.550. The first-order valence-corrected chi connectivity index (χ1v) is 6.08. The molecule has 0 radical (unpaired) electrons. The third-order valence-corrected chi connectivity index (χ3v) is 2.24. The van der Waals surface area contributed by atoms with Gasteiger partial charge in [0.05, 0.1) is 18.8 Å². The van der Waals surface area contributed by atoms with Gasteiger partial charge >= 0.3 is 6.09 Å². The predicted molar refractivity (Wildman–Crippen MR) is 69.4 cm³/mol. The van der Waals surface area contributed by atoms with E-state index in [-0.39, 0.29) is 19.3 Å². The van der Waals surface area contributed by atoms with Crippen LogP contribution in [0.15, 0.2) is 0 Å². The highest BCUT2D eigenvalue weighted by molar-refractivity contribution is 5.67. The van der Waals surface area contributed by atoms with E-state index in [0.29, 0.717) is 6.54 Å². The standard InChI is InChI=1S/C12H26N2O4/c1-9(14-12(5,7-15)8-16)6-13-10(17)18-11(2,3)4/h9,14-16H,6-8H2,1-5H3,(H,13,17). The zero-order valence-electron chi connectivity index (χ0n) is 11.9. The van der Waals surface area contributed by atoms with Crippen molar-refractivity contribution in [2.75, 3.05) is 19.8 Å². The maximum Gasteiger partial charge on any atom is 0.407 e. The Labute approximate surface area is 109 Å². The molecule has 4 N–H and O–H groups in total. The third kappa shape index (κ3) is 7.47. The van der Waals surface area contributed by atoms with Crippen molar-refractivity contribution < 1.29 is 19.7 Å². The lowest BCUT2D eigenvalue weighted by Crippen LogP contribution is -2.55. The lowest BCUT2D eigenvalue weighted by Gasteiger charge is -2.30.